The minimum absolute atomic E-state index is 0. The lowest BCUT2D eigenvalue weighted by atomic mass is 10.2. The molecule has 0 saturated carbocycles. The van der Waals surface area contributed by atoms with Crippen molar-refractivity contribution < 1.29 is 0 Å². The van der Waals surface area contributed by atoms with Gasteiger partial charge in [0.15, 0.2) is 0 Å². The van der Waals surface area contributed by atoms with E-state index in [1.165, 1.54) is 0 Å². The largest absolute Gasteiger partial charge is 0.324 e. The lowest BCUT2D eigenvalue weighted by molar-refractivity contribution is 1.26. The van der Waals surface area contributed by atoms with Gasteiger partial charge in [-0.3, -0.25) is 17.5 Å². The molecule has 0 aliphatic rings. The number of nitrogens with zero attached hydrogens (tertiary/aromatic N) is 1. The Morgan fingerprint density at radius 1 is 1.15 bits per heavy atom. The molecule has 72 valence electrons. The number of nitrogens with two attached hydrogens (primary N) is 3. The fourth-order valence-electron chi connectivity index (χ4n) is 0.641. The smallest absolute Gasteiger partial charge is 0.0991 e. The first-order valence-electron chi connectivity index (χ1n) is 3.17. The molecule has 5 nitrogen and oxygen atoms in total. The molecule has 1 rings (SSSR count). The Morgan fingerprint density at radius 3 is 1.92 bits per heavy atom. The number of benzene rings is 1. The first-order chi connectivity index (χ1) is 5.86. The standard InChI is InChI=1S/C7H7N3.ClH.H4N2/c8-5-6-1-3-7(10-9)4-2-6;;1-2/h1-4,10H,9H2;1H;1-2H2. The van der Waals surface area contributed by atoms with E-state index in [4.69, 9.17) is 11.1 Å². The number of nitrogens with one attached hydrogen (secondary N) is 1. The molecule has 13 heavy (non-hydrogen) atoms. The number of nitriles is 1. The van der Waals surface area contributed by atoms with Crippen molar-refractivity contribution in [1.29, 1.82) is 5.26 Å². The number of hydrogen-bond donors (Lipinski definition) is 4. The molecule has 0 amide bonds. The third-order valence-corrected chi connectivity index (χ3v) is 1.18. The number of hydrazine groups is 2. The number of nitrogen functional groups attached to an aromatic ring is 1. The van der Waals surface area contributed by atoms with E-state index in [0.717, 1.165) is 5.69 Å². The number of hydrogen-bond acceptors (Lipinski definition) is 5. The van der Waals surface area contributed by atoms with E-state index in [-0.39, 0.29) is 12.4 Å². The lowest BCUT2D eigenvalue weighted by Gasteiger charge is -1.96. The lowest BCUT2D eigenvalue weighted by Crippen LogP contribution is -2.05. The average molecular weight is 202 g/mol. The van der Waals surface area contributed by atoms with Crippen molar-refractivity contribution in [2.24, 2.45) is 17.5 Å². The molecule has 0 radical (unpaired) electrons. The molecule has 0 aromatic heterocycles. The maximum absolute atomic E-state index is 8.40. The minimum Gasteiger partial charge on any atom is -0.324 e. The van der Waals surface area contributed by atoms with E-state index in [9.17, 15) is 0 Å². The molecule has 0 atom stereocenters. The molecule has 6 heteroatoms. The van der Waals surface area contributed by atoms with Gasteiger partial charge in [0.25, 0.3) is 0 Å². The molecule has 1 aromatic rings. The van der Waals surface area contributed by atoms with Crippen molar-refractivity contribution in [3.05, 3.63) is 29.8 Å². The number of anilines is 1. The van der Waals surface area contributed by atoms with Gasteiger partial charge in [-0.1, -0.05) is 0 Å². The second-order valence-corrected chi connectivity index (χ2v) is 1.83. The topological polar surface area (TPSA) is 114 Å². The monoisotopic (exact) mass is 201 g/mol. The van der Waals surface area contributed by atoms with Crippen LogP contribution in [0.25, 0.3) is 0 Å². The van der Waals surface area contributed by atoms with Crippen molar-refractivity contribution in [1.82, 2.24) is 0 Å². The van der Waals surface area contributed by atoms with Gasteiger partial charge in [0.2, 0.25) is 0 Å². The van der Waals surface area contributed by atoms with Gasteiger partial charge in [0, 0.05) is 5.69 Å². The molecule has 0 heterocycles. The maximum atomic E-state index is 8.40. The summed E-state index contributed by atoms with van der Waals surface area (Å²) in [5, 5.41) is 8.40. The molecule has 0 aliphatic heterocycles. The van der Waals surface area contributed by atoms with E-state index in [1.54, 1.807) is 24.3 Å². The predicted molar refractivity (Wildman–Crippen MR) is 54.6 cm³/mol. The summed E-state index contributed by atoms with van der Waals surface area (Å²) in [4.78, 5) is 0. The molecule has 0 unspecified atom stereocenters. The summed E-state index contributed by atoms with van der Waals surface area (Å²) in [7, 11) is 0. The minimum atomic E-state index is 0. The zero-order valence-corrected chi connectivity index (χ0v) is 7.71. The summed E-state index contributed by atoms with van der Waals surface area (Å²) in [5.74, 6) is 13.1. The zero-order valence-electron chi connectivity index (χ0n) is 6.90. The van der Waals surface area contributed by atoms with E-state index in [1.807, 2.05) is 6.07 Å². The van der Waals surface area contributed by atoms with Gasteiger partial charge < -0.3 is 5.43 Å². The normalized spacial score (nSPS) is 6.92. The Kier molecular flexibility index (Phi) is 9.60. The van der Waals surface area contributed by atoms with Crippen LogP contribution in [-0.4, -0.2) is 0 Å². The molecule has 1 aromatic carbocycles. The molecule has 0 saturated heterocycles. The van der Waals surface area contributed by atoms with Gasteiger partial charge in [-0.2, -0.15) is 5.26 Å². The van der Waals surface area contributed by atoms with Gasteiger partial charge in [-0.15, -0.1) is 12.4 Å². The SMILES string of the molecule is Cl.N#Cc1ccc(NN)cc1.NN. The summed E-state index contributed by atoms with van der Waals surface area (Å²) < 4.78 is 0. The quantitative estimate of drug-likeness (QED) is 0.380. The van der Waals surface area contributed by atoms with Crippen LogP contribution in [0.2, 0.25) is 0 Å². The third-order valence-electron chi connectivity index (χ3n) is 1.18. The molecular formula is C7H12ClN5. The molecule has 0 fully saturated rings. The van der Waals surface area contributed by atoms with Crippen LogP contribution in [0, 0.1) is 11.3 Å². The highest BCUT2D eigenvalue weighted by Crippen LogP contribution is 2.05. The first kappa shape index (κ1) is 14.2. The average Bonchev–Trinajstić information content (AvgIpc) is 2.21. The summed E-state index contributed by atoms with van der Waals surface area (Å²) in [5.41, 5.74) is 3.91. The van der Waals surface area contributed by atoms with Crippen molar-refractivity contribution >= 4 is 18.1 Å². The van der Waals surface area contributed by atoms with E-state index in [2.05, 4.69) is 17.1 Å². The maximum Gasteiger partial charge on any atom is 0.0991 e. The molecule has 7 N–H and O–H groups in total. The van der Waals surface area contributed by atoms with Crippen molar-refractivity contribution in [2.45, 2.75) is 0 Å². The second kappa shape index (κ2) is 8.77. The Labute approximate surface area is 82.9 Å². The van der Waals surface area contributed by atoms with Crippen molar-refractivity contribution in [2.75, 3.05) is 5.43 Å². The number of rotatable bonds is 1. The van der Waals surface area contributed by atoms with Gasteiger partial charge in [0.05, 0.1) is 11.6 Å². The highest BCUT2D eigenvalue weighted by Gasteiger charge is 1.88. The Balaban J connectivity index is 0. The summed E-state index contributed by atoms with van der Waals surface area (Å²) in [6.07, 6.45) is 0. The van der Waals surface area contributed by atoms with E-state index >= 15 is 0 Å². The van der Waals surface area contributed by atoms with Gasteiger partial charge in [-0.05, 0) is 24.3 Å². The van der Waals surface area contributed by atoms with Crippen LogP contribution < -0.4 is 23.0 Å². The summed E-state index contributed by atoms with van der Waals surface area (Å²) in [6, 6.07) is 8.91. The van der Waals surface area contributed by atoms with Crippen LogP contribution in [0.15, 0.2) is 24.3 Å². The molecular weight excluding hydrogens is 190 g/mol. The zero-order chi connectivity index (χ0) is 9.40. The molecule has 0 bridgehead atoms. The van der Waals surface area contributed by atoms with Crippen LogP contribution in [0.1, 0.15) is 5.56 Å². The van der Waals surface area contributed by atoms with Gasteiger partial charge in [-0.25, -0.2) is 0 Å². The Morgan fingerprint density at radius 2 is 1.62 bits per heavy atom. The van der Waals surface area contributed by atoms with E-state index < -0.39 is 0 Å². The molecule has 0 aliphatic carbocycles. The Bertz CT molecular complexity index is 253. The van der Waals surface area contributed by atoms with Gasteiger partial charge >= 0.3 is 0 Å². The Hall–Kier alpha value is -1.32. The first-order valence-corrected chi connectivity index (χ1v) is 3.17. The molecule has 0 spiro atoms. The predicted octanol–water partition coefficient (Wildman–Crippen LogP) is 0.0845. The summed E-state index contributed by atoms with van der Waals surface area (Å²) >= 11 is 0. The van der Waals surface area contributed by atoms with Crippen LogP contribution in [0.3, 0.4) is 0 Å². The fourth-order valence-corrected chi connectivity index (χ4v) is 0.641. The van der Waals surface area contributed by atoms with Crippen molar-refractivity contribution in [3.8, 4) is 6.07 Å². The second-order valence-electron chi connectivity index (χ2n) is 1.83. The van der Waals surface area contributed by atoms with Gasteiger partial charge in [0.1, 0.15) is 0 Å². The summed E-state index contributed by atoms with van der Waals surface area (Å²) in [6.45, 7) is 0. The van der Waals surface area contributed by atoms with Crippen LogP contribution in [0.5, 0.6) is 0 Å². The third kappa shape index (κ3) is 5.00. The highest BCUT2D eigenvalue weighted by molar-refractivity contribution is 5.85. The number of halogens is 1. The highest BCUT2D eigenvalue weighted by atomic mass is 35.5. The van der Waals surface area contributed by atoms with Crippen molar-refractivity contribution in [3.63, 3.8) is 0 Å². The fraction of sp³-hybridized carbons (Fsp3) is 0. The van der Waals surface area contributed by atoms with Crippen LogP contribution in [0.4, 0.5) is 5.69 Å². The van der Waals surface area contributed by atoms with Crippen LogP contribution >= 0.6 is 12.4 Å². The van der Waals surface area contributed by atoms with E-state index in [0.29, 0.717) is 5.56 Å². The van der Waals surface area contributed by atoms with Crippen LogP contribution in [-0.2, 0) is 0 Å².